The standard InChI is InChI=1S/C21H27N3O5S3/c25-21(20-15-16-7-3-1-2-4-8-19(16)30-20)22-23-31(26,27)17-9-11-18(12-10-17)32(28,29)24-13-5-6-14-24/h9-12,15,23H,1-8,13-14H2,(H,22,25). The highest BCUT2D eigenvalue weighted by molar-refractivity contribution is 7.89. The van der Waals surface area contributed by atoms with Crippen LogP contribution in [0.1, 0.15) is 58.6 Å². The number of nitrogens with one attached hydrogen (secondary N) is 2. The van der Waals surface area contributed by atoms with Crippen molar-refractivity contribution in [1.29, 1.82) is 0 Å². The fraction of sp³-hybridized carbons (Fsp3) is 0.476. The van der Waals surface area contributed by atoms with Crippen LogP contribution in [0.3, 0.4) is 0 Å². The van der Waals surface area contributed by atoms with E-state index < -0.39 is 26.0 Å². The summed E-state index contributed by atoms with van der Waals surface area (Å²) in [6.07, 6.45) is 8.12. The summed E-state index contributed by atoms with van der Waals surface area (Å²) in [6, 6.07) is 6.88. The molecule has 2 aliphatic rings. The van der Waals surface area contributed by atoms with Crippen LogP contribution < -0.4 is 10.3 Å². The van der Waals surface area contributed by atoms with Crippen LogP contribution in [-0.2, 0) is 32.9 Å². The van der Waals surface area contributed by atoms with Gasteiger partial charge in [-0.3, -0.25) is 10.2 Å². The fourth-order valence-electron chi connectivity index (χ4n) is 4.06. The Morgan fingerprint density at radius 3 is 2.16 bits per heavy atom. The van der Waals surface area contributed by atoms with E-state index in [-0.39, 0.29) is 9.79 Å². The van der Waals surface area contributed by atoms with Crippen LogP contribution in [0.15, 0.2) is 40.1 Å². The molecule has 1 aromatic heterocycles. The summed E-state index contributed by atoms with van der Waals surface area (Å²) < 4.78 is 51.8. The number of rotatable bonds is 6. The van der Waals surface area contributed by atoms with Crippen molar-refractivity contribution in [3.8, 4) is 0 Å². The number of benzene rings is 1. The van der Waals surface area contributed by atoms with E-state index in [4.69, 9.17) is 0 Å². The Hall–Kier alpha value is -1.79. The van der Waals surface area contributed by atoms with Crippen molar-refractivity contribution >= 4 is 37.3 Å². The molecule has 1 amide bonds. The average Bonchev–Trinajstić information content (AvgIpc) is 3.43. The molecule has 1 aromatic carbocycles. The van der Waals surface area contributed by atoms with Gasteiger partial charge >= 0.3 is 0 Å². The predicted octanol–water partition coefficient (Wildman–Crippen LogP) is 2.81. The molecule has 8 nitrogen and oxygen atoms in total. The van der Waals surface area contributed by atoms with Gasteiger partial charge in [0.2, 0.25) is 10.0 Å². The Bertz CT molecular complexity index is 1160. The predicted molar refractivity (Wildman–Crippen MR) is 122 cm³/mol. The van der Waals surface area contributed by atoms with Crippen LogP contribution in [0.4, 0.5) is 0 Å². The molecule has 1 saturated heterocycles. The van der Waals surface area contributed by atoms with Crippen molar-refractivity contribution in [2.45, 2.75) is 61.2 Å². The van der Waals surface area contributed by atoms with Crippen molar-refractivity contribution in [3.05, 3.63) is 45.6 Å². The molecule has 2 heterocycles. The molecule has 0 radical (unpaired) electrons. The van der Waals surface area contributed by atoms with Crippen LogP contribution in [0.5, 0.6) is 0 Å². The molecular formula is C21H27N3O5S3. The number of thiophene rings is 1. The van der Waals surface area contributed by atoms with E-state index in [2.05, 4.69) is 10.3 Å². The fourth-order valence-corrected chi connectivity index (χ4v) is 7.56. The molecule has 0 spiro atoms. The molecule has 2 aromatic rings. The first kappa shape index (κ1) is 23.4. The van der Waals surface area contributed by atoms with Gasteiger partial charge in [-0.2, -0.15) is 4.31 Å². The molecule has 0 bridgehead atoms. The number of nitrogens with zero attached hydrogens (tertiary/aromatic N) is 1. The summed E-state index contributed by atoms with van der Waals surface area (Å²) in [4.78, 5) is 16.2. The Morgan fingerprint density at radius 2 is 1.47 bits per heavy atom. The van der Waals surface area contributed by atoms with E-state index in [1.807, 2.05) is 6.07 Å². The number of carbonyl (C=O) groups is 1. The number of aryl methyl sites for hydroxylation is 2. The Labute approximate surface area is 193 Å². The molecule has 4 rings (SSSR count). The first-order valence-corrected chi connectivity index (χ1v) is 14.6. The van der Waals surface area contributed by atoms with Crippen molar-refractivity contribution in [3.63, 3.8) is 0 Å². The highest BCUT2D eigenvalue weighted by Gasteiger charge is 2.27. The monoisotopic (exact) mass is 497 g/mol. The lowest BCUT2D eigenvalue weighted by atomic mass is 10.00. The molecule has 11 heteroatoms. The highest BCUT2D eigenvalue weighted by Crippen LogP contribution is 2.28. The van der Waals surface area contributed by atoms with Gasteiger partial charge in [-0.25, -0.2) is 16.8 Å². The lowest BCUT2D eigenvalue weighted by Crippen LogP contribution is -2.41. The van der Waals surface area contributed by atoms with Gasteiger partial charge in [-0.15, -0.1) is 16.2 Å². The van der Waals surface area contributed by atoms with Gasteiger partial charge in [0.25, 0.3) is 15.9 Å². The van der Waals surface area contributed by atoms with Crippen molar-refractivity contribution in [1.82, 2.24) is 14.6 Å². The molecule has 0 atom stereocenters. The second kappa shape index (κ2) is 9.60. The lowest BCUT2D eigenvalue weighted by molar-refractivity contribution is 0.0949. The van der Waals surface area contributed by atoms with Gasteiger partial charge in [0.15, 0.2) is 0 Å². The first-order valence-electron chi connectivity index (χ1n) is 10.8. The molecule has 1 aliphatic heterocycles. The van der Waals surface area contributed by atoms with E-state index in [1.54, 1.807) is 0 Å². The van der Waals surface area contributed by atoms with Crippen molar-refractivity contribution < 1.29 is 21.6 Å². The molecule has 2 N–H and O–H groups in total. The van der Waals surface area contributed by atoms with E-state index in [1.165, 1.54) is 63.2 Å². The summed E-state index contributed by atoms with van der Waals surface area (Å²) in [5.41, 5.74) is 3.45. The third-order valence-corrected chi connectivity index (χ3v) is 10.3. The Morgan fingerprint density at radius 1 is 0.844 bits per heavy atom. The normalized spacial score (nSPS) is 18.0. The molecule has 0 unspecified atom stereocenters. The van der Waals surface area contributed by atoms with E-state index in [9.17, 15) is 21.6 Å². The topological polar surface area (TPSA) is 113 Å². The number of hydrogen-bond donors (Lipinski definition) is 2. The quantitative estimate of drug-likeness (QED) is 0.596. The summed E-state index contributed by atoms with van der Waals surface area (Å²) >= 11 is 1.41. The SMILES string of the molecule is O=C(NNS(=O)(=O)c1ccc(S(=O)(=O)N2CCCC2)cc1)c1cc2c(s1)CCCCCC2. The maximum Gasteiger partial charge on any atom is 0.276 e. The highest BCUT2D eigenvalue weighted by atomic mass is 32.2. The lowest BCUT2D eigenvalue weighted by Gasteiger charge is -2.15. The smallest absolute Gasteiger partial charge is 0.273 e. The zero-order chi connectivity index (χ0) is 22.8. The van der Waals surface area contributed by atoms with E-state index >= 15 is 0 Å². The number of amides is 1. The second-order valence-electron chi connectivity index (χ2n) is 8.12. The Balaban J connectivity index is 1.42. The van der Waals surface area contributed by atoms with Crippen molar-refractivity contribution in [2.75, 3.05) is 13.1 Å². The molecular weight excluding hydrogens is 470 g/mol. The van der Waals surface area contributed by atoms with Gasteiger partial charge in [0.05, 0.1) is 14.7 Å². The van der Waals surface area contributed by atoms with Crippen LogP contribution in [0, 0.1) is 0 Å². The average molecular weight is 498 g/mol. The summed E-state index contributed by atoms with van der Waals surface area (Å²) in [6.45, 7) is 0.949. The van der Waals surface area contributed by atoms with Crippen LogP contribution >= 0.6 is 11.3 Å². The molecule has 1 aliphatic carbocycles. The van der Waals surface area contributed by atoms with Crippen LogP contribution in [0.2, 0.25) is 0 Å². The third kappa shape index (κ3) is 5.07. The number of carbonyl (C=O) groups excluding carboxylic acids is 1. The molecule has 0 saturated carbocycles. The van der Waals surface area contributed by atoms with Gasteiger partial charge in [0.1, 0.15) is 0 Å². The maximum atomic E-state index is 12.6. The van der Waals surface area contributed by atoms with Crippen LogP contribution in [0.25, 0.3) is 0 Å². The van der Waals surface area contributed by atoms with E-state index in [0.29, 0.717) is 18.0 Å². The number of fused-ring (bicyclic) bond motifs is 1. The molecule has 174 valence electrons. The van der Waals surface area contributed by atoms with Gasteiger partial charge < -0.3 is 0 Å². The molecule has 1 fully saturated rings. The largest absolute Gasteiger partial charge is 0.276 e. The summed E-state index contributed by atoms with van der Waals surface area (Å²) in [7, 11) is -7.66. The minimum absolute atomic E-state index is 0.0541. The van der Waals surface area contributed by atoms with E-state index in [0.717, 1.165) is 38.5 Å². The summed E-state index contributed by atoms with van der Waals surface area (Å²) in [5, 5.41) is 0. The number of hydrazine groups is 1. The number of sulfonamides is 2. The van der Waals surface area contributed by atoms with Crippen LogP contribution in [-0.4, -0.2) is 40.1 Å². The Kier molecular flexibility index (Phi) is 7.01. The summed E-state index contributed by atoms with van der Waals surface area (Å²) in [5.74, 6) is -0.501. The first-order chi connectivity index (χ1) is 15.3. The van der Waals surface area contributed by atoms with Gasteiger partial charge in [-0.1, -0.05) is 12.8 Å². The zero-order valence-electron chi connectivity index (χ0n) is 17.7. The number of hydrogen-bond acceptors (Lipinski definition) is 6. The maximum absolute atomic E-state index is 12.6. The second-order valence-corrected chi connectivity index (χ2v) is 12.9. The minimum Gasteiger partial charge on any atom is -0.273 e. The molecule has 32 heavy (non-hydrogen) atoms. The third-order valence-electron chi connectivity index (χ3n) is 5.86. The van der Waals surface area contributed by atoms with Crippen molar-refractivity contribution in [2.24, 2.45) is 0 Å². The van der Waals surface area contributed by atoms with Gasteiger partial charge in [-0.05, 0) is 74.4 Å². The minimum atomic E-state index is -4.04. The van der Waals surface area contributed by atoms with Gasteiger partial charge in [0, 0.05) is 18.0 Å². The zero-order valence-corrected chi connectivity index (χ0v) is 20.1.